The first-order valence-corrected chi connectivity index (χ1v) is 11.2. The summed E-state index contributed by atoms with van der Waals surface area (Å²) in [6.07, 6.45) is 3.83. The van der Waals surface area contributed by atoms with Crippen molar-refractivity contribution in [2.24, 2.45) is 0 Å². The van der Waals surface area contributed by atoms with Crippen molar-refractivity contribution in [3.8, 4) is 5.75 Å². The molecule has 3 rings (SSSR count). The number of carbonyl (C=O) groups excluding carboxylic acids is 1. The van der Waals surface area contributed by atoms with Gasteiger partial charge in [-0.1, -0.05) is 24.4 Å². The molecule has 2 aromatic rings. The maximum atomic E-state index is 13.1. The van der Waals surface area contributed by atoms with Crippen LogP contribution in [0.2, 0.25) is 5.02 Å². The van der Waals surface area contributed by atoms with Gasteiger partial charge in [0.2, 0.25) is 10.0 Å². The van der Waals surface area contributed by atoms with Gasteiger partial charge in [-0.3, -0.25) is 4.79 Å². The van der Waals surface area contributed by atoms with E-state index in [1.165, 1.54) is 40.7 Å². The van der Waals surface area contributed by atoms with E-state index in [-0.39, 0.29) is 16.5 Å². The lowest BCUT2D eigenvalue weighted by atomic mass is 10.2. The summed E-state index contributed by atoms with van der Waals surface area (Å²) in [6.45, 7) is 0.787. The second-order valence-corrected chi connectivity index (χ2v) is 9.10. The minimum absolute atomic E-state index is 0.0927. The quantitative estimate of drug-likeness (QED) is 0.734. The minimum atomic E-state index is -3.53. The Morgan fingerprint density at radius 2 is 1.72 bits per heavy atom. The van der Waals surface area contributed by atoms with Crippen LogP contribution in [0.3, 0.4) is 0 Å². The first-order valence-electron chi connectivity index (χ1n) is 9.34. The Morgan fingerprint density at radius 3 is 2.34 bits per heavy atom. The molecular formula is C20H22ClFN2O4S. The van der Waals surface area contributed by atoms with E-state index < -0.39 is 21.7 Å². The van der Waals surface area contributed by atoms with E-state index in [0.717, 1.165) is 31.7 Å². The Labute approximate surface area is 174 Å². The number of nitrogens with zero attached hydrogens (tertiary/aromatic N) is 1. The standard InChI is InChI=1S/C20H22ClFN2O4S/c21-18-13-15(5-10-19(18)22)23-20(25)14-28-16-6-8-17(9-7-16)29(26,27)24-11-3-1-2-4-12-24/h5-10,13H,1-4,11-12,14H2,(H,23,25). The number of carbonyl (C=O) groups is 1. The van der Waals surface area contributed by atoms with Crippen LogP contribution in [-0.2, 0) is 14.8 Å². The molecule has 0 spiro atoms. The van der Waals surface area contributed by atoms with Crippen LogP contribution in [0.25, 0.3) is 0 Å². The van der Waals surface area contributed by atoms with Gasteiger partial charge in [0.05, 0.1) is 9.92 Å². The van der Waals surface area contributed by atoms with Gasteiger partial charge in [-0.15, -0.1) is 0 Å². The largest absolute Gasteiger partial charge is 0.484 e. The number of ether oxygens (including phenoxy) is 1. The van der Waals surface area contributed by atoms with E-state index in [1.807, 2.05) is 0 Å². The Balaban J connectivity index is 1.57. The third-order valence-electron chi connectivity index (χ3n) is 4.60. The molecule has 1 heterocycles. The molecule has 6 nitrogen and oxygen atoms in total. The van der Waals surface area contributed by atoms with E-state index in [4.69, 9.17) is 16.3 Å². The van der Waals surface area contributed by atoms with Crippen LogP contribution >= 0.6 is 11.6 Å². The number of hydrogen-bond acceptors (Lipinski definition) is 4. The topological polar surface area (TPSA) is 75.7 Å². The first-order chi connectivity index (χ1) is 13.9. The van der Waals surface area contributed by atoms with Gasteiger partial charge in [0, 0.05) is 18.8 Å². The second-order valence-electron chi connectivity index (χ2n) is 6.76. The SMILES string of the molecule is O=C(COc1ccc(S(=O)(=O)N2CCCCCC2)cc1)Nc1ccc(F)c(Cl)c1. The highest BCUT2D eigenvalue weighted by molar-refractivity contribution is 7.89. The van der Waals surface area contributed by atoms with Crippen LogP contribution in [0.1, 0.15) is 25.7 Å². The van der Waals surface area contributed by atoms with Crippen molar-refractivity contribution in [3.63, 3.8) is 0 Å². The fourth-order valence-electron chi connectivity index (χ4n) is 3.06. The predicted octanol–water partition coefficient (Wildman–Crippen LogP) is 4.06. The van der Waals surface area contributed by atoms with Gasteiger partial charge >= 0.3 is 0 Å². The molecule has 1 aliphatic rings. The summed E-state index contributed by atoms with van der Waals surface area (Å²) in [5.41, 5.74) is 0.351. The zero-order valence-corrected chi connectivity index (χ0v) is 17.3. The van der Waals surface area contributed by atoms with Gasteiger partial charge in [-0.2, -0.15) is 4.31 Å². The maximum Gasteiger partial charge on any atom is 0.262 e. The molecule has 0 atom stereocenters. The van der Waals surface area contributed by atoms with E-state index in [9.17, 15) is 17.6 Å². The highest BCUT2D eigenvalue weighted by Crippen LogP contribution is 2.23. The molecule has 1 saturated heterocycles. The van der Waals surface area contributed by atoms with Crippen molar-refractivity contribution >= 4 is 33.2 Å². The van der Waals surface area contributed by atoms with Gasteiger partial charge in [0.15, 0.2) is 6.61 Å². The van der Waals surface area contributed by atoms with Crippen LogP contribution in [0.15, 0.2) is 47.4 Å². The van der Waals surface area contributed by atoms with Crippen molar-refractivity contribution in [3.05, 3.63) is 53.3 Å². The van der Waals surface area contributed by atoms with Gasteiger partial charge in [0.25, 0.3) is 5.91 Å². The second kappa shape index (κ2) is 9.56. The fourth-order valence-corrected chi connectivity index (χ4v) is 4.76. The molecule has 0 saturated carbocycles. The van der Waals surface area contributed by atoms with Crippen LogP contribution < -0.4 is 10.1 Å². The van der Waals surface area contributed by atoms with Crippen LogP contribution in [0.4, 0.5) is 10.1 Å². The monoisotopic (exact) mass is 440 g/mol. The normalized spacial score (nSPS) is 15.5. The number of amides is 1. The lowest BCUT2D eigenvalue weighted by Crippen LogP contribution is -2.31. The summed E-state index contributed by atoms with van der Waals surface area (Å²) >= 11 is 5.68. The number of hydrogen-bond donors (Lipinski definition) is 1. The van der Waals surface area contributed by atoms with E-state index >= 15 is 0 Å². The average molecular weight is 441 g/mol. The fraction of sp³-hybridized carbons (Fsp3) is 0.350. The molecule has 0 aliphatic carbocycles. The molecule has 1 aliphatic heterocycles. The highest BCUT2D eigenvalue weighted by atomic mass is 35.5. The molecule has 1 N–H and O–H groups in total. The molecule has 0 unspecified atom stereocenters. The Kier molecular flexibility index (Phi) is 7.10. The zero-order chi connectivity index (χ0) is 20.9. The summed E-state index contributed by atoms with van der Waals surface area (Å²) in [7, 11) is -3.53. The molecule has 2 aromatic carbocycles. The Morgan fingerprint density at radius 1 is 1.07 bits per heavy atom. The van der Waals surface area contributed by atoms with Crippen LogP contribution in [0.5, 0.6) is 5.75 Å². The predicted molar refractivity (Wildman–Crippen MR) is 109 cm³/mol. The molecule has 0 radical (unpaired) electrons. The summed E-state index contributed by atoms with van der Waals surface area (Å²) in [5.74, 6) is -0.655. The van der Waals surface area contributed by atoms with Crippen molar-refractivity contribution < 1.29 is 22.3 Å². The van der Waals surface area contributed by atoms with Gasteiger partial charge in [-0.25, -0.2) is 12.8 Å². The minimum Gasteiger partial charge on any atom is -0.484 e. The summed E-state index contributed by atoms with van der Waals surface area (Å²) in [4.78, 5) is 12.2. The molecular weight excluding hydrogens is 419 g/mol. The smallest absolute Gasteiger partial charge is 0.262 e. The van der Waals surface area contributed by atoms with Crippen molar-refractivity contribution in [2.75, 3.05) is 25.0 Å². The number of rotatable bonds is 6. The maximum absolute atomic E-state index is 13.1. The van der Waals surface area contributed by atoms with Gasteiger partial charge in [-0.05, 0) is 55.3 Å². The third kappa shape index (κ3) is 5.68. The van der Waals surface area contributed by atoms with Crippen molar-refractivity contribution in [2.45, 2.75) is 30.6 Å². The first kappa shape index (κ1) is 21.5. The summed E-state index contributed by atoms with van der Waals surface area (Å²) < 4.78 is 45.6. The van der Waals surface area contributed by atoms with E-state index in [2.05, 4.69) is 5.32 Å². The van der Waals surface area contributed by atoms with Gasteiger partial charge in [0.1, 0.15) is 11.6 Å². The van der Waals surface area contributed by atoms with Crippen molar-refractivity contribution in [1.29, 1.82) is 0 Å². The zero-order valence-electron chi connectivity index (χ0n) is 15.7. The van der Waals surface area contributed by atoms with Crippen LogP contribution in [-0.4, -0.2) is 38.3 Å². The van der Waals surface area contributed by atoms with E-state index in [1.54, 1.807) is 0 Å². The number of benzene rings is 2. The number of anilines is 1. The summed E-state index contributed by atoms with van der Waals surface area (Å²) in [6, 6.07) is 9.85. The number of nitrogens with one attached hydrogen (secondary N) is 1. The molecule has 29 heavy (non-hydrogen) atoms. The molecule has 156 valence electrons. The molecule has 0 aromatic heterocycles. The Hall–Kier alpha value is -2.16. The molecule has 9 heteroatoms. The van der Waals surface area contributed by atoms with E-state index in [0.29, 0.717) is 24.5 Å². The number of sulfonamides is 1. The highest BCUT2D eigenvalue weighted by Gasteiger charge is 2.25. The number of halogens is 2. The lowest BCUT2D eigenvalue weighted by molar-refractivity contribution is -0.118. The summed E-state index contributed by atoms with van der Waals surface area (Å²) in [5, 5.41) is 2.45. The third-order valence-corrected chi connectivity index (χ3v) is 6.80. The lowest BCUT2D eigenvalue weighted by Gasteiger charge is -2.20. The average Bonchev–Trinajstić information content (AvgIpc) is 3.00. The van der Waals surface area contributed by atoms with Gasteiger partial charge < -0.3 is 10.1 Å². The Bertz CT molecular complexity index is 959. The van der Waals surface area contributed by atoms with Crippen molar-refractivity contribution in [1.82, 2.24) is 4.31 Å². The molecule has 0 bridgehead atoms. The molecule has 1 fully saturated rings. The molecule has 1 amide bonds. The van der Waals surface area contributed by atoms with Crippen LogP contribution in [0, 0.1) is 5.82 Å².